The molecular formula is C14H18ClN3O3. The van der Waals surface area contributed by atoms with E-state index in [-0.39, 0.29) is 22.6 Å². The molecule has 1 amide bonds. The Morgan fingerprint density at radius 1 is 1.48 bits per heavy atom. The number of hydrogen-bond donors (Lipinski definition) is 1. The first-order valence-corrected chi connectivity index (χ1v) is 7.27. The Morgan fingerprint density at radius 3 is 2.71 bits per heavy atom. The number of carboxylic acid groups (broad SMARTS) is 1. The van der Waals surface area contributed by atoms with Gasteiger partial charge in [-0.05, 0) is 12.3 Å². The van der Waals surface area contributed by atoms with E-state index in [9.17, 15) is 14.7 Å². The van der Waals surface area contributed by atoms with Crippen LogP contribution in [0.3, 0.4) is 0 Å². The Hall–Kier alpha value is -1.69. The summed E-state index contributed by atoms with van der Waals surface area (Å²) < 4.78 is 0. The van der Waals surface area contributed by atoms with Crippen LogP contribution in [0.5, 0.6) is 0 Å². The molecule has 1 N–H and O–H groups in total. The molecule has 1 aromatic heterocycles. The van der Waals surface area contributed by atoms with Gasteiger partial charge in [-0.3, -0.25) is 4.79 Å². The number of aromatic nitrogens is 2. The van der Waals surface area contributed by atoms with Crippen LogP contribution in [0.1, 0.15) is 49.4 Å². The van der Waals surface area contributed by atoms with Crippen molar-refractivity contribution in [2.24, 2.45) is 5.92 Å². The number of halogens is 1. The van der Waals surface area contributed by atoms with Crippen molar-refractivity contribution in [2.45, 2.75) is 39.2 Å². The van der Waals surface area contributed by atoms with Crippen LogP contribution in [0.4, 0.5) is 0 Å². The largest absolute Gasteiger partial charge is 0.480 e. The zero-order valence-corrected chi connectivity index (χ0v) is 13.0. The molecule has 1 fully saturated rings. The topological polar surface area (TPSA) is 83.4 Å². The predicted octanol–water partition coefficient (Wildman–Crippen LogP) is 2.19. The molecular weight excluding hydrogens is 294 g/mol. The molecule has 21 heavy (non-hydrogen) atoms. The summed E-state index contributed by atoms with van der Waals surface area (Å²) in [7, 11) is 0. The van der Waals surface area contributed by atoms with E-state index in [1.807, 2.05) is 20.8 Å². The lowest BCUT2D eigenvalue weighted by molar-refractivity contribution is -0.142. The third-order valence-electron chi connectivity index (χ3n) is 3.70. The Balaban J connectivity index is 2.36. The highest BCUT2D eigenvalue weighted by Gasteiger charge is 2.40. The monoisotopic (exact) mass is 311 g/mol. The highest BCUT2D eigenvalue weighted by Crippen LogP contribution is 2.27. The number of amides is 1. The highest BCUT2D eigenvalue weighted by molar-refractivity contribution is 6.33. The van der Waals surface area contributed by atoms with Crippen molar-refractivity contribution in [1.29, 1.82) is 0 Å². The normalized spacial score (nSPS) is 21.9. The number of carboxylic acids is 1. The predicted molar refractivity (Wildman–Crippen MR) is 77.4 cm³/mol. The number of carbonyl (C=O) groups excluding carboxylic acids is 1. The first kappa shape index (κ1) is 15.7. The zero-order valence-electron chi connectivity index (χ0n) is 12.2. The lowest BCUT2D eigenvalue weighted by Gasteiger charge is -2.23. The summed E-state index contributed by atoms with van der Waals surface area (Å²) in [6.07, 6.45) is 2.05. The molecule has 2 unspecified atom stereocenters. The van der Waals surface area contributed by atoms with Crippen molar-refractivity contribution in [1.82, 2.24) is 14.9 Å². The SMILES string of the molecule is CC(C)c1ncc(Cl)c(C(=O)N2CCC(C)C2C(=O)O)n1. The van der Waals surface area contributed by atoms with E-state index in [2.05, 4.69) is 9.97 Å². The van der Waals surface area contributed by atoms with Gasteiger partial charge in [-0.2, -0.15) is 0 Å². The van der Waals surface area contributed by atoms with Crippen molar-refractivity contribution in [3.05, 3.63) is 22.7 Å². The fourth-order valence-corrected chi connectivity index (χ4v) is 2.67. The molecule has 1 aliphatic heterocycles. The molecule has 7 heteroatoms. The Kier molecular flexibility index (Phi) is 4.46. The number of carbonyl (C=O) groups is 2. The second kappa shape index (κ2) is 5.97. The number of aliphatic carboxylic acids is 1. The number of rotatable bonds is 3. The van der Waals surface area contributed by atoms with Gasteiger partial charge < -0.3 is 10.0 Å². The van der Waals surface area contributed by atoms with Gasteiger partial charge in [0.2, 0.25) is 0 Å². The van der Waals surface area contributed by atoms with Crippen LogP contribution in [0.25, 0.3) is 0 Å². The highest BCUT2D eigenvalue weighted by atomic mass is 35.5. The maximum atomic E-state index is 12.6. The maximum Gasteiger partial charge on any atom is 0.326 e. The van der Waals surface area contributed by atoms with Gasteiger partial charge >= 0.3 is 5.97 Å². The second-order valence-corrected chi connectivity index (χ2v) is 6.03. The average molecular weight is 312 g/mol. The molecule has 1 aromatic rings. The Morgan fingerprint density at radius 2 is 2.14 bits per heavy atom. The molecule has 0 saturated carbocycles. The molecule has 2 heterocycles. The lowest BCUT2D eigenvalue weighted by atomic mass is 10.0. The maximum absolute atomic E-state index is 12.6. The van der Waals surface area contributed by atoms with Crippen LogP contribution in [-0.4, -0.2) is 44.4 Å². The summed E-state index contributed by atoms with van der Waals surface area (Å²) in [5.74, 6) is -0.955. The quantitative estimate of drug-likeness (QED) is 0.925. The summed E-state index contributed by atoms with van der Waals surface area (Å²) in [6.45, 7) is 6.05. The van der Waals surface area contributed by atoms with Crippen molar-refractivity contribution >= 4 is 23.5 Å². The first-order chi connectivity index (χ1) is 9.82. The standard InChI is InChI=1S/C14H18ClN3O3/c1-7(2)12-16-6-9(15)10(17-12)13(19)18-5-4-8(3)11(18)14(20)21/h6-8,11H,4-5H2,1-3H3,(H,20,21). The van der Waals surface area contributed by atoms with Gasteiger partial charge in [0.15, 0.2) is 5.69 Å². The summed E-state index contributed by atoms with van der Waals surface area (Å²) in [6, 6.07) is -0.828. The van der Waals surface area contributed by atoms with Gasteiger partial charge in [-0.1, -0.05) is 32.4 Å². The third kappa shape index (κ3) is 3.00. The zero-order chi connectivity index (χ0) is 15.7. The smallest absolute Gasteiger partial charge is 0.326 e. The molecule has 1 aliphatic rings. The molecule has 0 aromatic carbocycles. The van der Waals surface area contributed by atoms with Crippen LogP contribution >= 0.6 is 11.6 Å². The minimum absolute atomic E-state index is 0.0570. The first-order valence-electron chi connectivity index (χ1n) is 6.89. The molecule has 6 nitrogen and oxygen atoms in total. The number of likely N-dealkylation sites (tertiary alicyclic amines) is 1. The van der Waals surface area contributed by atoms with E-state index in [1.165, 1.54) is 11.1 Å². The molecule has 0 bridgehead atoms. The Labute approximate surface area is 128 Å². The fourth-order valence-electron chi connectivity index (χ4n) is 2.50. The van der Waals surface area contributed by atoms with Crippen molar-refractivity contribution in [3.8, 4) is 0 Å². The van der Waals surface area contributed by atoms with Crippen LogP contribution in [0, 0.1) is 5.92 Å². The minimum atomic E-state index is -0.998. The summed E-state index contributed by atoms with van der Waals surface area (Å²) in [4.78, 5) is 33.6. The van der Waals surface area contributed by atoms with Crippen molar-refractivity contribution in [3.63, 3.8) is 0 Å². The van der Waals surface area contributed by atoms with E-state index in [4.69, 9.17) is 11.6 Å². The van der Waals surface area contributed by atoms with Gasteiger partial charge in [0.25, 0.3) is 5.91 Å². The lowest BCUT2D eigenvalue weighted by Crippen LogP contribution is -2.43. The summed E-state index contributed by atoms with van der Waals surface area (Å²) in [5, 5.41) is 9.45. The molecule has 1 saturated heterocycles. The minimum Gasteiger partial charge on any atom is -0.480 e. The molecule has 0 aliphatic carbocycles. The van der Waals surface area contributed by atoms with Crippen LogP contribution in [0.15, 0.2) is 6.20 Å². The van der Waals surface area contributed by atoms with E-state index in [0.29, 0.717) is 18.8 Å². The van der Waals surface area contributed by atoms with Crippen LogP contribution in [-0.2, 0) is 4.79 Å². The van der Waals surface area contributed by atoms with Gasteiger partial charge in [0.1, 0.15) is 11.9 Å². The molecule has 0 spiro atoms. The summed E-state index contributed by atoms with van der Waals surface area (Å²) in [5.41, 5.74) is 0.0794. The molecule has 0 radical (unpaired) electrons. The van der Waals surface area contributed by atoms with Gasteiger partial charge in [-0.15, -0.1) is 0 Å². The van der Waals surface area contributed by atoms with Crippen LogP contribution < -0.4 is 0 Å². The van der Waals surface area contributed by atoms with Crippen molar-refractivity contribution in [2.75, 3.05) is 6.54 Å². The van der Waals surface area contributed by atoms with E-state index in [1.54, 1.807) is 0 Å². The molecule has 114 valence electrons. The molecule has 2 atom stereocenters. The van der Waals surface area contributed by atoms with E-state index < -0.39 is 17.9 Å². The van der Waals surface area contributed by atoms with E-state index >= 15 is 0 Å². The second-order valence-electron chi connectivity index (χ2n) is 5.63. The summed E-state index contributed by atoms with van der Waals surface area (Å²) >= 11 is 6.02. The van der Waals surface area contributed by atoms with Crippen molar-refractivity contribution < 1.29 is 14.7 Å². The number of nitrogens with zero attached hydrogens (tertiary/aromatic N) is 3. The van der Waals surface area contributed by atoms with Crippen LogP contribution in [0.2, 0.25) is 5.02 Å². The average Bonchev–Trinajstić information content (AvgIpc) is 2.80. The Bertz CT molecular complexity index is 577. The third-order valence-corrected chi connectivity index (χ3v) is 3.97. The van der Waals surface area contributed by atoms with E-state index in [0.717, 1.165) is 0 Å². The molecule has 2 rings (SSSR count). The number of hydrogen-bond acceptors (Lipinski definition) is 4. The van der Waals surface area contributed by atoms with Gasteiger partial charge in [0, 0.05) is 12.5 Å². The van der Waals surface area contributed by atoms with Gasteiger partial charge in [-0.25, -0.2) is 14.8 Å². The van der Waals surface area contributed by atoms with Gasteiger partial charge in [0.05, 0.1) is 11.2 Å². The fraction of sp³-hybridized carbons (Fsp3) is 0.571.